The van der Waals surface area contributed by atoms with E-state index < -0.39 is 0 Å². The molecule has 88 valence electrons. The molecule has 2 aromatic rings. The highest BCUT2D eigenvalue weighted by atomic mass is 79.9. The molecule has 0 saturated carbocycles. The molecule has 17 heavy (non-hydrogen) atoms. The normalized spacial score (nSPS) is 10.5. The summed E-state index contributed by atoms with van der Waals surface area (Å²) in [6, 6.07) is 7.36. The van der Waals surface area contributed by atoms with Crippen molar-refractivity contribution in [2.45, 2.75) is 13.3 Å². The quantitative estimate of drug-likeness (QED) is 0.802. The molecule has 0 spiro atoms. The number of ketones is 1. The van der Waals surface area contributed by atoms with Gasteiger partial charge in [-0.2, -0.15) is 0 Å². The van der Waals surface area contributed by atoms with Crippen molar-refractivity contribution < 1.29 is 13.6 Å². The summed E-state index contributed by atoms with van der Waals surface area (Å²) in [5.41, 5.74) is 0.392. The van der Waals surface area contributed by atoms with Crippen molar-refractivity contribution in [3.8, 4) is 0 Å². The molecule has 0 fully saturated rings. The molecular weight excluding hydrogens is 287 g/mol. The first-order valence-corrected chi connectivity index (χ1v) is 5.99. The molecule has 0 bridgehead atoms. The maximum Gasteiger partial charge on any atom is 0.229 e. The number of benzene rings is 1. The van der Waals surface area contributed by atoms with E-state index in [1.807, 2.05) is 6.92 Å². The zero-order chi connectivity index (χ0) is 12.4. The summed E-state index contributed by atoms with van der Waals surface area (Å²) in [4.78, 5) is 12.1. The van der Waals surface area contributed by atoms with Crippen molar-refractivity contribution in [3.05, 3.63) is 57.7 Å². The first-order valence-electron chi connectivity index (χ1n) is 5.20. The average molecular weight is 297 g/mol. The minimum Gasteiger partial charge on any atom is -0.458 e. The number of halogens is 2. The van der Waals surface area contributed by atoms with E-state index in [1.165, 1.54) is 18.2 Å². The first-order chi connectivity index (χ1) is 8.11. The van der Waals surface area contributed by atoms with Gasteiger partial charge in [-0.05, 0) is 46.3 Å². The van der Waals surface area contributed by atoms with E-state index in [1.54, 1.807) is 12.1 Å². The van der Waals surface area contributed by atoms with Crippen molar-refractivity contribution in [2.24, 2.45) is 0 Å². The van der Waals surface area contributed by atoms with Crippen LogP contribution in [-0.4, -0.2) is 5.78 Å². The smallest absolute Gasteiger partial charge is 0.229 e. The zero-order valence-corrected chi connectivity index (χ0v) is 10.8. The van der Waals surface area contributed by atoms with E-state index >= 15 is 0 Å². The lowest BCUT2D eigenvalue weighted by Crippen LogP contribution is -2.01. The zero-order valence-electron chi connectivity index (χ0n) is 9.17. The van der Waals surface area contributed by atoms with Gasteiger partial charge in [-0.1, -0.05) is 6.92 Å². The van der Waals surface area contributed by atoms with Gasteiger partial charge in [0.05, 0.1) is 0 Å². The number of hydrogen-bond donors (Lipinski definition) is 0. The SMILES string of the molecule is CCc1ccc(C(=O)c2ccc(F)cc2Br)o1. The van der Waals surface area contributed by atoms with Crippen LogP contribution < -0.4 is 0 Å². The molecule has 0 unspecified atom stereocenters. The molecule has 0 aliphatic carbocycles. The van der Waals surface area contributed by atoms with Gasteiger partial charge in [0.1, 0.15) is 11.6 Å². The van der Waals surface area contributed by atoms with Crippen molar-refractivity contribution in [2.75, 3.05) is 0 Å². The maximum absolute atomic E-state index is 12.9. The molecule has 2 nitrogen and oxygen atoms in total. The second-order valence-corrected chi connectivity index (χ2v) is 4.43. The molecule has 1 aromatic heterocycles. The van der Waals surface area contributed by atoms with Gasteiger partial charge in [-0.25, -0.2) is 4.39 Å². The van der Waals surface area contributed by atoms with Crippen LogP contribution >= 0.6 is 15.9 Å². The Labute approximate surface area is 107 Å². The predicted molar refractivity (Wildman–Crippen MR) is 65.6 cm³/mol. The third-order valence-corrected chi connectivity index (χ3v) is 3.07. The lowest BCUT2D eigenvalue weighted by molar-refractivity contribution is 0.101. The van der Waals surface area contributed by atoms with E-state index in [0.29, 0.717) is 10.0 Å². The number of carbonyl (C=O) groups excluding carboxylic acids is 1. The van der Waals surface area contributed by atoms with Crippen molar-refractivity contribution in [1.29, 1.82) is 0 Å². The number of rotatable bonds is 3. The first kappa shape index (κ1) is 12.0. The monoisotopic (exact) mass is 296 g/mol. The number of carbonyl (C=O) groups is 1. The minimum atomic E-state index is -0.387. The Balaban J connectivity index is 2.36. The summed E-state index contributed by atoms with van der Waals surface area (Å²) in [6.45, 7) is 1.95. The topological polar surface area (TPSA) is 30.2 Å². The Morgan fingerprint density at radius 1 is 1.35 bits per heavy atom. The summed E-state index contributed by atoms with van der Waals surface area (Å²) in [6.07, 6.45) is 0.734. The Morgan fingerprint density at radius 2 is 2.12 bits per heavy atom. The lowest BCUT2D eigenvalue weighted by atomic mass is 10.1. The van der Waals surface area contributed by atoms with Crippen LogP contribution in [0.5, 0.6) is 0 Å². The summed E-state index contributed by atoms with van der Waals surface area (Å²) >= 11 is 3.17. The van der Waals surface area contributed by atoms with Crippen LogP contribution in [0.15, 0.2) is 39.2 Å². The molecule has 4 heteroatoms. The third kappa shape index (κ3) is 2.47. The van der Waals surface area contributed by atoms with E-state index in [4.69, 9.17) is 4.42 Å². The highest BCUT2D eigenvalue weighted by molar-refractivity contribution is 9.10. The summed E-state index contributed by atoms with van der Waals surface area (Å²) < 4.78 is 18.7. The second kappa shape index (κ2) is 4.84. The van der Waals surface area contributed by atoms with Crippen LogP contribution in [0.3, 0.4) is 0 Å². The molecule has 2 rings (SSSR count). The third-order valence-electron chi connectivity index (χ3n) is 2.41. The van der Waals surface area contributed by atoms with E-state index in [9.17, 15) is 9.18 Å². The highest BCUT2D eigenvalue weighted by Gasteiger charge is 2.16. The van der Waals surface area contributed by atoms with Crippen LogP contribution in [0.1, 0.15) is 28.8 Å². The Morgan fingerprint density at radius 3 is 2.71 bits per heavy atom. The van der Waals surface area contributed by atoms with Crippen molar-refractivity contribution in [1.82, 2.24) is 0 Å². The fraction of sp³-hybridized carbons (Fsp3) is 0.154. The van der Waals surface area contributed by atoms with Gasteiger partial charge in [-0.15, -0.1) is 0 Å². The number of furan rings is 1. The standard InChI is InChI=1S/C13H10BrFO2/c1-2-9-4-6-12(17-9)13(16)10-5-3-8(15)7-11(10)14/h3-7H,2H2,1H3. The average Bonchev–Trinajstić information content (AvgIpc) is 2.76. The maximum atomic E-state index is 12.9. The molecule has 0 atom stereocenters. The van der Waals surface area contributed by atoms with Crippen LogP contribution in [0.4, 0.5) is 4.39 Å². The summed E-state index contributed by atoms with van der Waals surface area (Å²) in [5, 5.41) is 0. The van der Waals surface area contributed by atoms with Crippen LogP contribution in [0, 0.1) is 5.82 Å². The van der Waals surface area contributed by atoms with Crippen LogP contribution in [0.2, 0.25) is 0 Å². The molecule has 0 aliphatic rings. The predicted octanol–water partition coefficient (Wildman–Crippen LogP) is 3.97. The fourth-order valence-corrected chi connectivity index (χ4v) is 2.03. The van der Waals surface area contributed by atoms with Gasteiger partial charge in [0.2, 0.25) is 5.78 Å². The molecule has 0 aliphatic heterocycles. The van der Waals surface area contributed by atoms with Gasteiger partial charge in [0.25, 0.3) is 0 Å². The van der Waals surface area contributed by atoms with E-state index in [-0.39, 0.29) is 17.4 Å². The molecule has 0 radical (unpaired) electrons. The van der Waals surface area contributed by atoms with Crippen molar-refractivity contribution in [3.63, 3.8) is 0 Å². The highest BCUT2D eigenvalue weighted by Crippen LogP contribution is 2.22. The number of aryl methyl sites for hydroxylation is 1. The Kier molecular flexibility index (Phi) is 3.43. The van der Waals surface area contributed by atoms with E-state index in [2.05, 4.69) is 15.9 Å². The van der Waals surface area contributed by atoms with Crippen LogP contribution in [0.25, 0.3) is 0 Å². The summed E-state index contributed by atoms with van der Waals surface area (Å²) in [7, 11) is 0. The molecule has 0 N–H and O–H groups in total. The summed E-state index contributed by atoms with van der Waals surface area (Å²) in [5.74, 6) is 0.388. The van der Waals surface area contributed by atoms with Gasteiger partial charge < -0.3 is 4.42 Å². The minimum absolute atomic E-state index is 0.253. The van der Waals surface area contributed by atoms with E-state index in [0.717, 1.165) is 12.2 Å². The fourth-order valence-electron chi connectivity index (χ4n) is 1.50. The molecule has 1 heterocycles. The second-order valence-electron chi connectivity index (χ2n) is 3.57. The molecule has 0 amide bonds. The van der Waals surface area contributed by atoms with Gasteiger partial charge in [0.15, 0.2) is 5.76 Å². The molecular formula is C13H10BrFO2. The van der Waals surface area contributed by atoms with Gasteiger partial charge in [0, 0.05) is 16.5 Å². The molecule has 0 saturated heterocycles. The van der Waals surface area contributed by atoms with Gasteiger partial charge >= 0.3 is 0 Å². The molecule has 1 aromatic carbocycles. The van der Waals surface area contributed by atoms with Gasteiger partial charge in [-0.3, -0.25) is 4.79 Å². The Bertz CT molecular complexity index is 560. The number of hydrogen-bond acceptors (Lipinski definition) is 2. The van der Waals surface area contributed by atoms with Crippen LogP contribution in [-0.2, 0) is 6.42 Å². The van der Waals surface area contributed by atoms with Crippen molar-refractivity contribution >= 4 is 21.7 Å². The largest absolute Gasteiger partial charge is 0.458 e. The Hall–Kier alpha value is -1.42. The lowest BCUT2D eigenvalue weighted by Gasteiger charge is -2.01.